The van der Waals surface area contributed by atoms with Crippen LogP contribution in [0.3, 0.4) is 0 Å². The molecule has 35 heavy (non-hydrogen) atoms. The Kier molecular flexibility index (Phi) is 8.24. The van der Waals surface area contributed by atoms with Gasteiger partial charge in [0.2, 0.25) is 0 Å². The number of benzene rings is 3. The van der Waals surface area contributed by atoms with E-state index in [4.69, 9.17) is 9.47 Å². The first kappa shape index (κ1) is 25.4. The number of aryl methyl sites for hydroxylation is 1. The third kappa shape index (κ3) is 5.44. The number of unbranched alkanes of at least 4 members (excludes halogenated alkanes) is 1. The molecule has 1 fully saturated rings. The third-order valence-corrected chi connectivity index (χ3v) is 6.50. The molecule has 6 heteroatoms. The molecule has 0 unspecified atom stereocenters. The second kappa shape index (κ2) is 11.4. The summed E-state index contributed by atoms with van der Waals surface area (Å²) in [6, 6.07) is 12.4. The van der Waals surface area contributed by atoms with E-state index in [1.807, 2.05) is 6.92 Å². The Labute approximate surface area is 203 Å². The first-order valence-corrected chi connectivity index (χ1v) is 12.2. The van der Waals surface area contributed by atoms with Crippen molar-refractivity contribution in [1.82, 2.24) is 0 Å². The number of hydrogen-bond acceptors (Lipinski definition) is 2. The zero-order valence-corrected chi connectivity index (χ0v) is 20.1. The Balaban J connectivity index is 1.54. The van der Waals surface area contributed by atoms with Crippen LogP contribution in [0, 0.1) is 29.2 Å². The predicted molar refractivity (Wildman–Crippen MR) is 129 cm³/mol. The molecule has 1 aliphatic rings. The summed E-state index contributed by atoms with van der Waals surface area (Å²) < 4.78 is 70.3. The van der Waals surface area contributed by atoms with Crippen molar-refractivity contribution in [2.24, 2.45) is 5.92 Å². The minimum absolute atomic E-state index is 0.0264. The van der Waals surface area contributed by atoms with E-state index < -0.39 is 29.6 Å². The highest BCUT2D eigenvalue weighted by Crippen LogP contribution is 2.34. The van der Waals surface area contributed by atoms with Gasteiger partial charge in [-0.15, -0.1) is 0 Å². The summed E-state index contributed by atoms with van der Waals surface area (Å²) in [5.41, 5.74) is 1.46. The van der Waals surface area contributed by atoms with E-state index in [2.05, 4.69) is 6.92 Å². The lowest BCUT2D eigenvalue weighted by molar-refractivity contribution is -0.207. The summed E-state index contributed by atoms with van der Waals surface area (Å²) >= 11 is 0. The van der Waals surface area contributed by atoms with Gasteiger partial charge in [-0.25, -0.2) is 17.6 Å². The second-order valence-corrected chi connectivity index (χ2v) is 9.06. The van der Waals surface area contributed by atoms with Crippen molar-refractivity contribution in [1.29, 1.82) is 0 Å². The molecular formula is C29H30F4O2. The topological polar surface area (TPSA) is 18.5 Å². The molecule has 0 aliphatic carbocycles. The van der Waals surface area contributed by atoms with E-state index in [0.717, 1.165) is 25.7 Å². The van der Waals surface area contributed by atoms with Gasteiger partial charge in [-0.05, 0) is 36.0 Å². The molecule has 1 aliphatic heterocycles. The molecule has 0 N–H and O–H groups in total. The van der Waals surface area contributed by atoms with E-state index in [1.54, 1.807) is 36.4 Å². The third-order valence-electron chi connectivity index (χ3n) is 6.50. The van der Waals surface area contributed by atoms with Gasteiger partial charge in [0, 0.05) is 22.6 Å². The van der Waals surface area contributed by atoms with Crippen LogP contribution >= 0.6 is 0 Å². The lowest BCUT2D eigenvalue weighted by atomic mass is 9.97. The smallest absolute Gasteiger partial charge is 0.186 e. The van der Waals surface area contributed by atoms with Gasteiger partial charge in [0.25, 0.3) is 0 Å². The van der Waals surface area contributed by atoms with Gasteiger partial charge in [0.05, 0.1) is 13.2 Å². The fraction of sp³-hybridized carbons (Fsp3) is 0.379. The Morgan fingerprint density at radius 2 is 1.26 bits per heavy atom. The lowest BCUT2D eigenvalue weighted by Gasteiger charge is -2.29. The van der Waals surface area contributed by atoms with Crippen molar-refractivity contribution in [3.05, 3.63) is 82.9 Å². The molecule has 3 aromatic rings. The molecule has 0 saturated carbocycles. The van der Waals surface area contributed by atoms with Crippen molar-refractivity contribution in [2.75, 3.05) is 13.2 Å². The normalized spacial score (nSPS) is 18.1. The number of hydrogen-bond donors (Lipinski definition) is 0. The molecular weight excluding hydrogens is 456 g/mol. The highest BCUT2D eigenvalue weighted by Gasteiger charge is 2.27. The average molecular weight is 487 g/mol. The summed E-state index contributed by atoms with van der Waals surface area (Å²) in [6.45, 7) is 4.96. The van der Waals surface area contributed by atoms with Crippen LogP contribution in [-0.4, -0.2) is 13.2 Å². The van der Waals surface area contributed by atoms with Crippen LogP contribution in [0.5, 0.6) is 0 Å². The maximum Gasteiger partial charge on any atom is 0.186 e. The molecule has 0 amide bonds. The van der Waals surface area contributed by atoms with Crippen LogP contribution in [0.25, 0.3) is 22.3 Å². The maximum absolute atomic E-state index is 15.0. The predicted octanol–water partition coefficient (Wildman–Crippen LogP) is 8.38. The van der Waals surface area contributed by atoms with Crippen molar-refractivity contribution in [2.45, 2.75) is 52.2 Å². The molecule has 0 spiro atoms. The summed E-state index contributed by atoms with van der Waals surface area (Å²) in [5, 5.41) is 0. The van der Waals surface area contributed by atoms with Crippen molar-refractivity contribution < 1.29 is 27.0 Å². The molecule has 0 aromatic heterocycles. The summed E-state index contributed by atoms with van der Waals surface area (Å²) in [5.74, 6) is -3.50. The van der Waals surface area contributed by atoms with Crippen molar-refractivity contribution in [3.8, 4) is 22.3 Å². The van der Waals surface area contributed by atoms with Gasteiger partial charge in [-0.1, -0.05) is 75.2 Å². The largest absolute Gasteiger partial charge is 0.348 e. The average Bonchev–Trinajstić information content (AvgIpc) is 2.88. The summed E-state index contributed by atoms with van der Waals surface area (Å²) in [4.78, 5) is 0. The molecule has 4 rings (SSSR count). The zero-order chi connectivity index (χ0) is 24.9. The van der Waals surface area contributed by atoms with Crippen LogP contribution in [-0.2, 0) is 15.9 Å². The fourth-order valence-electron chi connectivity index (χ4n) is 4.47. The van der Waals surface area contributed by atoms with Crippen LogP contribution in [0.15, 0.2) is 48.5 Å². The Morgan fingerprint density at radius 3 is 1.83 bits per heavy atom. The Hall–Kier alpha value is -2.70. The molecule has 0 bridgehead atoms. The first-order chi connectivity index (χ1) is 16.9. The minimum Gasteiger partial charge on any atom is -0.348 e. The van der Waals surface area contributed by atoms with Crippen LogP contribution in [0.4, 0.5) is 17.6 Å². The van der Waals surface area contributed by atoms with Crippen molar-refractivity contribution >= 4 is 0 Å². The summed E-state index contributed by atoms with van der Waals surface area (Å²) in [6.07, 6.45) is 3.18. The summed E-state index contributed by atoms with van der Waals surface area (Å²) in [7, 11) is 0. The van der Waals surface area contributed by atoms with Crippen LogP contribution in [0.2, 0.25) is 0 Å². The number of halogens is 4. The quantitative estimate of drug-likeness (QED) is 0.298. The Morgan fingerprint density at radius 1 is 0.686 bits per heavy atom. The zero-order valence-electron chi connectivity index (χ0n) is 20.1. The second-order valence-electron chi connectivity index (χ2n) is 9.06. The maximum atomic E-state index is 15.0. The van der Waals surface area contributed by atoms with E-state index in [9.17, 15) is 17.6 Å². The van der Waals surface area contributed by atoms with Gasteiger partial charge in [-0.3, -0.25) is 0 Å². The molecule has 0 atom stereocenters. The van der Waals surface area contributed by atoms with Gasteiger partial charge in [0.1, 0.15) is 0 Å². The van der Waals surface area contributed by atoms with Gasteiger partial charge < -0.3 is 9.47 Å². The number of rotatable bonds is 8. The highest BCUT2D eigenvalue weighted by molar-refractivity contribution is 5.71. The van der Waals surface area contributed by atoms with Gasteiger partial charge in [0.15, 0.2) is 29.6 Å². The highest BCUT2D eigenvalue weighted by atomic mass is 19.2. The molecule has 0 radical (unpaired) electrons. The molecule has 186 valence electrons. The monoisotopic (exact) mass is 486 g/mol. The van der Waals surface area contributed by atoms with Crippen LogP contribution in [0.1, 0.15) is 56.9 Å². The van der Waals surface area contributed by atoms with E-state index in [-0.39, 0.29) is 22.6 Å². The molecule has 2 nitrogen and oxygen atoms in total. The lowest BCUT2D eigenvalue weighted by Crippen LogP contribution is -2.27. The molecule has 1 saturated heterocycles. The first-order valence-electron chi connectivity index (χ1n) is 12.2. The van der Waals surface area contributed by atoms with E-state index >= 15 is 0 Å². The Bertz CT molecular complexity index is 1150. The van der Waals surface area contributed by atoms with E-state index in [0.29, 0.717) is 36.3 Å². The molecule has 3 aromatic carbocycles. The molecule has 1 heterocycles. The SMILES string of the molecule is CCCCc1ccc(-c2ccc(-c3ccc(C4OCC(CCC)CO4)c(F)c3F)cc2)c(F)c1F. The standard InChI is InChI=1S/C29H30F4O2/c1-3-5-7-21-12-13-22(26(31)25(21)30)19-8-10-20(11-9-19)23-14-15-24(28(33)27(23)32)29-34-16-18(6-4-2)17-35-29/h8-15,18,29H,3-7,16-17H2,1-2H3. The van der Waals surface area contributed by atoms with Crippen LogP contribution < -0.4 is 0 Å². The minimum atomic E-state index is -1.01. The van der Waals surface area contributed by atoms with Gasteiger partial charge >= 0.3 is 0 Å². The fourth-order valence-corrected chi connectivity index (χ4v) is 4.47. The van der Waals surface area contributed by atoms with E-state index in [1.165, 1.54) is 12.1 Å². The van der Waals surface area contributed by atoms with Gasteiger partial charge in [-0.2, -0.15) is 0 Å². The van der Waals surface area contributed by atoms with Crippen molar-refractivity contribution in [3.63, 3.8) is 0 Å². The number of ether oxygens (including phenoxy) is 2.